The van der Waals surface area contributed by atoms with E-state index in [-0.39, 0.29) is 17.5 Å². The molecular weight excluding hydrogens is 411 g/mol. The van der Waals surface area contributed by atoms with Gasteiger partial charge in [-0.3, -0.25) is 14.4 Å². The van der Waals surface area contributed by atoms with Gasteiger partial charge in [0, 0.05) is 6.20 Å². The van der Waals surface area contributed by atoms with Crippen molar-refractivity contribution < 1.29 is 23.2 Å². The minimum absolute atomic E-state index is 0.141. The van der Waals surface area contributed by atoms with Gasteiger partial charge < -0.3 is 9.32 Å². The number of hydrogen-bond donors (Lipinski definition) is 0. The smallest absolute Gasteiger partial charge is 0.240 e. The topological polar surface area (TPSA) is 70.8 Å². The molecule has 0 aliphatic carbocycles. The van der Waals surface area contributed by atoms with Gasteiger partial charge in [0.1, 0.15) is 11.9 Å². The molecule has 0 saturated carbocycles. The zero-order valence-electron chi connectivity index (χ0n) is 16.7. The monoisotopic (exact) mass is 428 g/mol. The maximum Gasteiger partial charge on any atom is 0.240 e. The Balaban J connectivity index is 1.50. The predicted octanol–water partition coefficient (Wildman–Crippen LogP) is 3.82. The van der Waals surface area contributed by atoms with E-state index < -0.39 is 35.6 Å². The molecule has 4 atom stereocenters. The van der Waals surface area contributed by atoms with Crippen molar-refractivity contribution in [2.75, 3.05) is 4.90 Å². The number of hydrogen-bond acceptors (Lipinski definition) is 5. The van der Waals surface area contributed by atoms with Crippen LogP contribution in [-0.4, -0.2) is 28.5 Å². The Morgan fingerprint density at radius 3 is 2.41 bits per heavy atom. The number of fused-ring (bicyclic) bond motifs is 5. The first-order valence-corrected chi connectivity index (χ1v) is 10.3. The Morgan fingerprint density at radius 1 is 0.906 bits per heavy atom. The van der Waals surface area contributed by atoms with E-state index in [9.17, 15) is 18.8 Å². The second-order valence-electron chi connectivity index (χ2n) is 8.16. The minimum atomic E-state index is -0.886. The normalized spacial score (nSPS) is 25.7. The Kier molecular flexibility index (Phi) is 3.95. The third-order valence-corrected chi connectivity index (χ3v) is 6.58. The second-order valence-corrected chi connectivity index (χ2v) is 8.16. The van der Waals surface area contributed by atoms with Crippen molar-refractivity contribution in [3.63, 3.8) is 0 Å². The number of carbonyl (C=O) groups is 3. The molecule has 2 saturated heterocycles. The molecule has 0 radical (unpaired) electrons. The first-order chi connectivity index (χ1) is 15.6. The number of carbonyl (C=O) groups excluding carboxylic acids is 3. The number of Topliss-reactive ketones (excluding diaryl/α,β-unsaturated/α-hetero) is 1. The van der Waals surface area contributed by atoms with Crippen LogP contribution in [0.3, 0.4) is 0 Å². The van der Waals surface area contributed by atoms with Gasteiger partial charge in [0.25, 0.3) is 0 Å². The number of ketones is 1. The van der Waals surface area contributed by atoms with Gasteiger partial charge in [-0.1, -0.05) is 24.3 Å². The third-order valence-electron chi connectivity index (χ3n) is 6.58. The van der Waals surface area contributed by atoms with Gasteiger partial charge in [0.2, 0.25) is 17.6 Å². The van der Waals surface area contributed by atoms with Crippen molar-refractivity contribution >= 4 is 29.4 Å². The summed E-state index contributed by atoms with van der Waals surface area (Å²) in [5.74, 6) is -3.15. The summed E-state index contributed by atoms with van der Waals surface area (Å²) in [4.78, 5) is 43.6. The summed E-state index contributed by atoms with van der Waals surface area (Å²) in [5.41, 5.74) is 2.13. The van der Waals surface area contributed by atoms with E-state index >= 15 is 0 Å². The molecule has 0 unspecified atom stereocenters. The summed E-state index contributed by atoms with van der Waals surface area (Å²) < 4.78 is 18.8. The largest absolute Gasteiger partial charge is 0.461 e. The molecular formula is C25H17FN2O4. The van der Waals surface area contributed by atoms with Gasteiger partial charge >= 0.3 is 0 Å². The second kappa shape index (κ2) is 6.75. The zero-order valence-corrected chi connectivity index (χ0v) is 16.7. The van der Waals surface area contributed by atoms with Crippen molar-refractivity contribution in [3.05, 3.63) is 95.8 Å². The number of amides is 2. The molecule has 2 aromatic carbocycles. The number of halogens is 1. The van der Waals surface area contributed by atoms with E-state index in [0.29, 0.717) is 5.69 Å². The van der Waals surface area contributed by atoms with Crippen LogP contribution in [0.2, 0.25) is 0 Å². The highest BCUT2D eigenvalue weighted by Crippen LogP contribution is 2.53. The lowest BCUT2D eigenvalue weighted by atomic mass is 9.84. The quantitative estimate of drug-likeness (QED) is 0.469. The van der Waals surface area contributed by atoms with E-state index in [1.165, 1.54) is 30.5 Å². The Bertz CT molecular complexity index is 1280. The third kappa shape index (κ3) is 2.48. The molecule has 0 N–H and O–H groups in total. The predicted molar refractivity (Wildman–Crippen MR) is 113 cm³/mol. The number of imide groups is 1. The maximum atomic E-state index is 13.6. The van der Waals surface area contributed by atoms with Crippen LogP contribution in [0.1, 0.15) is 27.7 Å². The number of benzene rings is 2. The number of nitrogens with zero attached hydrogens (tertiary/aromatic N) is 2. The lowest BCUT2D eigenvalue weighted by molar-refractivity contribution is -0.123. The van der Waals surface area contributed by atoms with Gasteiger partial charge in [-0.15, -0.1) is 0 Å². The van der Waals surface area contributed by atoms with Crippen molar-refractivity contribution in [2.45, 2.75) is 12.1 Å². The van der Waals surface area contributed by atoms with Crippen molar-refractivity contribution in [2.24, 2.45) is 11.8 Å². The number of rotatable bonds is 3. The molecule has 1 aromatic heterocycles. The van der Waals surface area contributed by atoms with Crippen molar-refractivity contribution in [1.82, 2.24) is 4.90 Å². The molecule has 3 aliphatic heterocycles. The lowest BCUT2D eigenvalue weighted by Gasteiger charge is -2.35. The van der Waals surface area contributed by atoms with Gasteiger partial charge in [-0.25, -0.2) is 9.29 Å². The molecule has 2 amide bonds. The van der Waals surface area contributed by atoms with E-state index in [1.54, 1.807) is 18.3 Å². The van der Waals surface area contributed by atoms with Crippen LogP contribution in [-0.2, 0) is 9.59 Å². The summed E-state index contributed by atoms with van der Waals surface area (Å²) in [6, 6.07) is 14.7. The zero-order chi connectivity index (χ0) is 22.0. The number of furan rings is 1. The van der Waals surface area contributed by atoms with Crippen molar-refractivity contribution in [3.8, 4) is 0 Å². The van der Waals surface area contributed by atoms with Crippen LogP contribution in [0.15, 0.2) is 77.5 Å². The first kappa shape index (κ1) is 18.7. The highest BCUT2D eigenvalue weighted by Gasteiger charge is 2.64. The fourth-order valence-corrected chi connectivity index (χ4v) is 5.27. The van der Waals surface area contributed by atoms with Gasteiger partial charge in [-0.2, -0.15) is 0 Å². The summed E-state index contributed by atoms with van der Waals surface area (Å²) in [5, 5.41) is 0. The van der Waals surface area contributed by atoms with Crippen LogP contribution in [0.5, 0.6) is 0 Å². The molecule has 6 nitrogen and oxygen atoms in total. The fourth-order valence-electron chi connectivity index (χ4n) is 5.27. The highest BCUT2D eigenvalue weighted by atomic mass is 19.1. The Hall–Kier alpha value is -4.00. The van der Waals surface area contributed by atoms with Crippen LogP contribution in [0, 0.1) is 17.7 Å². The van der Waals surface area contributed by atoms with Gasteiger partial charge in [-0.05, 0) is 53.6 Å². The van der Waals surface area contributed by atoms with Crippen LogP contribution >= 0.6 is 0 Å². The highest BCUT2D eigenvalue weighted by molar-refractivity contribution is 6.24. The van der Waals surface area contributed by atoms with E-state index in [0.717, 1.165) is 16.0 Å². The minimum Gasteiger partial charge on any atom is -0.461 e. The molecule has 6 rings (SSSR count). The van der Waals surface area contributed by atoms with E-state index in [2.05, 4.69) is 0 Å². The van der Waals surface area contributed by atoms with Crippen molar-refractivity contribution in [1.29, 1.82) is 0 Å². The summed E-state index contributed by atoms with van der Waals surface area (Å²) >= 11 is 0. The van der Waals surface area contributed by atoms with Crippen LogP contribution < -0.4 is 4.90 Å². The maximum absolute atomic E-state index is 13.6. The summed E-state index contributed by atoms with van der Waals surface area (Å²) in [6.07, 6.45) is 5.09. The van der Waals surface area contributed by atoms with Gasteiger partial charge in [0.05, 0.1) is 29.8 Å². The summed E-state index contributed by atoms with van der Waals surface area (Å²) in [6.45, 7) is 0. The average molecular weight is 428 g/mol. The molecule has 3 aromatic rings. The number of anilines is 1. The Morgan fingerprint density at radius 2 is 1.66 bits per heavy atom. The molecule has 4 heterocycles. The average Bonchev–Trinajstić information content (AvgIpc) is 3.51. The Labute approximate surface area is 182 Å². The molecule has 2 fully saturated rings. The molecule has 7 heteroatoms. The fraction of sp³-hybridized carbons (Fsp3) is 0.160. The standard InChI is InChI=1S/C25H17FN2O4/c26-15-7-9-16(10-8-15)28-24(30)19-20(25(28)31)22(23(29)18-6-3-13-32-18)27-12-11-14-4-1-2-5-17(14)21(19)27/h1-13,19-22H/t19-,20+,21+,22-/m0/s1. The van der Waals surface area contributed by atoms with E-state index in [4.69, 9.17) is 4.42 Å². The molecule has 32 heavy (non-hydrogen) atoms. The SMILES string of the molecule is O=C(c1ccco1)[C@@H]1[C@@H]2C(=O)N(c3ccc(F)cc3)C(=O)[C@@H]2[C@H]2c3ccccc3C=CN12. The van der Waals surface area contributed by atoms with E-state index in [1.807, 2.05) is 35.2 Å². The molecule has 0 bridgehead atoms. The van der Waals surface area contributed by atoms with Gasteiger partial charge in [0.15, 0.2) is 5.76 Å². The first-order valence-electron chi connectivity index (χ1n) is 10.3. The molecule has 3 aliphatic rings. The van der Waals surface area contributed by atoms with Crippen LogP contribution in [0.25, 0.3) is 6.08 Å². The lowest BCUT2D eigenvalue weighted by Crippen LogP contribution is -2.44. The van der Waals surface area contributed by atoms with Crippen LogP contribution in [0.4, 0.5) is 10.1 Å². The molecule has 0 spiro atoms. The summed E-state index contributed by atoms with van der Waals surface area (Å²) in [7, 11) is 0. The molecule has 158 valence electrons.